The quantitative estimate of drug-likeness (QED) is 0.237. The van der Waals surface area contributed by atoms with Crippen LogP contribution in [0.5, 0.6) is 0 Å². The van der Waals surface area contributed by atoms with E-state index in [1.807, 2.05) is 0 Å². The van der Waals surface area contributed by atoms with Gasteiger partial charge in [0, 0.05) is 17.9 Å². The Hall–Kier alpha value is -0.200. The molecule has 0 atom stereocenters. The summed E-state index contributed by atoms with van der Waals surface area (Å²) in [5.41, 5.74) is 8.48. The Morgan fingerprint density at radius 2 is 1.92 bits per heavy atom. The van der Waals surface area contributed by atoms with Gasteiger partial charge in [-0.25, -0.2) is 4.79 Å². The van der Waals surface area contributed by atoms with Gasteiger partial charge in [0.1, 0.15) is 0 Å². The first-order valence-corrected chi connectivity index (χ1v) is 6.54. The number of rotatable bonds is 8. The molecular weight excluding hydrogens is 206 g/mol. The minimum absolute atomic E-state index is 0.00293. The highest BCUT2D eigenvalue weighted by Gasteiger charge is 1.98. The van der Waals surface area contributed by atoms with Crippen molar-refractivity contribution in [1.82, 2.24) is 0 Å². The van der Waals surface area contributed by atoms with Crippen molar-refractivity contribution in [2.24, 2.45) is 5.73 Å². The molecule has 0 fully saturated rings. The second-order valence-electron chi connectivity index (χ2n) is 2.56. The van der Waals surface area contributed by atoms with Crippen molar-refractivity contribution in [3.05, 3.63) is 0 Å². The maximum Gasteiger partial charge on any atom is 0.309 e. The van der Waals surface area contributed by atoms with E-state index in [0.29, 0.717) is 12.8 Å². The van der Waals surface area contributed by atoms with Crippen LogP contribution in [0.25, 0.3) is 0 Å². The Kier molecular flexibility index (Phi) is 8.27. The average Bonchev–Trinajstić information content (AvgIpc) is 2.01. The second kappa shape index (κ2) is 8.40. The zero-order chi connectivity index (χ0) is 10.1. The zero-order valence-electron chi connectivity index (χ0n) is 7.54. The summed E-state index contributed by atoms with van der Waals surface area (Å²) in [4.78, 5) is 10.4. The fraction of sp³-hybridized carbons (Fsp3) is 0.714. The normalized spacial score (nSPS) is 9.92. The number of carbonyl (C=O) groups excluding carboxylic acids is 1. The Morgan fingerprint density at radius 1 is 1.31 bits per heavy atom. The molecule has 4 nitrogen and oxygen atoms in total. The van der Waals surface area contributed by atoms with Crippen LogP contribution in [-0.2, 0) is 4.79 Å². The molecule has 76 valence electrons. The number of quaternary nitrogens is 1. The van der Waals surface area contributed by atoms with Gasteiger partial charge >= 0.3 is 5.91 Å². The first-order chi connectivity index (χ1) is 6.13. The summed E-state index contributed by atoms with van der Waals surface area (Å²) in [6.07, 6.45) is 2.15. The summed E-state index contributed by atoms with van der Waals surface area (Å²) in [6, 6.07) is 0. The Bertz CT molecular complexity index is 157. The summed E-state index contributed by atoms with van der Waals surface area (Å²) in [6.45, 7) is 0. The molecule has 13 heavy (non-hydrogen) atoms. The molecule has 0 aliphatic heterocycles. The molecule has 0 heterocycles. The summed E-state index contributed by atoms with van der Waals surface area (Å²) < 4.78 is 0. The van der Waals surface area contributed by atoms with E-state index in [2.05, 4.69) is 5.73 Å². The van der Waals surface area contributed by atoms with Crippen LogP contribution in [0.15, 0.2) is 0 Å². The van der Waals surface area contributed by atoms with E-state index in [-0.39, 0.29) is 11.7 Å². The van der Waals surface area contributed by atoms with Gasteiger partial charge in [0.05, 0.1) is 12.3 Å². The smallest absolute Gasteiger partial charge is 0.309 e. The number of amidine groups is 1. The monoisotopic (exact) mass is 222 g/mol. The molecule has 0 bridgehead atoms. The lowest BCUT2D eigenvalue weighted by atomic mass is 10.3. The van der Waals surface area contributed by atoms with Crippen molar-refractivity contribution >= 4 is 33.3 Å². The fourth-order valence-corrected chi connectivity index (χ4v) is 2.71. The van der Waals surface area contributed by atoms with Crippen LogP contribution in [0.1, 0.15) is 19.3 Å². The molecule has 0 aliphatic rings. The van der Waals surface area contributed by atoms with Gasteiger partial charge in [-0.1, -0.05) is 21.6 Å². The van der Waals surface area contributed by atoms with Crippen LogP contribution in [0.2, 0.25) is 0 Å². The standard InChI is InChI=1S/C7H15N3OS2/c8-6(9)2-1-4-12-13-5-3-7(10)11/h1-5H2,(H3,8,9)(H2,10,11)/p+1. The van der Waals surface area contributed by atoms with E-state index in [9.17, 15) is 4.79 Å². The van der Waals surface area contributed by atoms with Crippen LogP contribution < -0.4 is 11.5 Å². The molecule has 0 saturated heterocycles. The van der Waals surface area contributed by atoms with Crippen LogP contribution in [0, 0.1) is 5.41 Å². The number of amides is 1. The lowest BCUT2D eigenvalue weighted by Gasteiger charge is -1.98. The number of hydrogen-bond acceptors (Lipinski definition) is 4. The minimum atomic E-state index is -0.00293. The van der Waals surface area contributed by atoms with E-state index in [4.69, 9.17) is 11.1 Å². The van der Waals surface area contributed by atoms with Gasteiger partial charge in [-0.05, 0) is 6.42 Å². The largest absolute Gasteiger partial charge is 0.388 e. The van der Waals surface area contributed by atoms with Crippen molar-refractivity contribution in [2.45, 2.75) is 19.3 Å². The second-order valence-corrected chi connectivity index (χ2v) is 5.26. The lowest BCUT2D eigenvalue weighted by Crippen LogP contribution is -2.56. The molecule has 1 amide bonds. The molecule has 0 saturated carbocycles. The van der Waals surface area contributed by atoms with Gasteiger partial charge in [-0.2, -0.15) is 0 Å². The van der Waals surface area contributed by atoms with E-state index in [0.717, 1.165) is 17.9 Å². The number of nitrogens with two attached hydrogens (primary N) is 1. The molecule has 0 aliphatic carbocycles. The summed E-state index contributed by atoms with van der Waals surface area (Å²) in [7, 11) is 3.40. The Balaban J connectivity index is 3.00. The van der Waals surface area contributed by atoms with Gasteiger partial charge < -0.3 is 5.73 Å². The molecule has 0 aromatic carbocycles. The van der Waals surface area contributed by atoms with Crippen molar-refractivity contribution in [3.63, 3.8) is 0 Å². The third-order valence-corrected chi connectivity index (χ3v) is 3.71. The third-order valence-electron chi connectivity index (χ3n) is 1.22. The molecular formula is C7H16N3OS2+. The maximum absolute atomic E-state index is 10.4. The summed E-state index contributed by atoms with van der Waals surface area (Å²) >= 11 is 0. The molecule has 0 aromatic rings. The highest BCUT2D eigenvalue weighted by atomic mass is 33.1. The topological polar surface area (TPSA) is 94.6 Å². The summed E-state index contributed by atoms with van der Waals surface area (Å²) in [5.74, 6) is 2.05. The highest BCUT2D eigenvalue weighted by molar-refractivity contribution is 8.76. The van der Waals surface area contributed by atoms with E-state index < -0.39 is 0 Å². The van der Waals surface area contributed by atoms with Gasteiger partial charge in [0.25, 0.3) is 0 Å². The molecule has 0 unspecified atom stereocenters. The first-order valence-electron chi connectivity index (χ1n) is 4.05. The van der Waals surface area contributed by atoms with E-state index >= 15 is 0 Å². The third kappa shape index (κ3) is 11.8. The van der Waals surface area contributed by atoms with Gasteiger partial charge in [-0.3, -0.25) is 11.1 Å². The van der Waals surface area contributed by atoms with Crippen molar-refractivity contribution in [3.8, 4) is 0 Å². The van der Waals surface area contributed by atoms with Crippen LogP contribution in [0.4, 0.5) is 0 Å². The molecule has 0 radical (unpaired) electrons. The number of nitrogens with one attached hydrogen (secondary N) is 1. The Morgan fingerprint density at radius 3 is 2.46 bits per heavy atom. The molecule has 0 aromatic heterocycles. The van der Waals surface area contributed by atoms with Gasteiger partial charge in [0.2, 0.25) is 0 Å². The predicted octanol–water partition coefficient (Wildman–Crippen LogP) is 0.243. The molecule has 0 rings (SSSR count). The van der Waals surface area contributed by atoms with Crippen molar-refractivity contribution in [1.29, 1.82) is 5.41 Å². The molecule has 0 spiro atoms. The Labute approximate surface area is 86.1 Å². The van der Waals surface area contributed by atoms with E-state index in [1.165, 1.54) is 0 Å². The number of carbonyl (C=O) groups is 1. The van der Waals surface area contributed by atoms with Gasteiger partial charge in [0.15, 0.2) is 0 Å². The SMILES string of the molecule is N=C(N)CCCSSCCC([NH3+])=O. The van der Waals surface area contributed by atoms with Gasteiger partial charge in [-0.15, -0.1) is 0 Å². The first kappa shape index (κ1) is 12.8. The molecule has 6 heteroatoms. The maximum atomic E-state index is 10.4. The lowest BCUT2D eigenvalue weighted by molar-refractivity contribution is -0.305. The highest BCUT2D eigenvalue weighted by Crippen LogP contribution is 2.22. The minimum Gasteiger partial charge on any atom is -0.388 e. The van der Waals surface area contributed by atoms with Crippen molar-refractivity contribution < 1.29 is 10.5 Å². The summed E-state index contributed by atoms with van der Waals surface area (Å²) in [5, 5.41) is 6.98. The predicted molar refractivity (Wildman–Crippen MR) is 58.6 cm³/mol. The van der Waals surface area contributed by atoms with Crippen LogP contribution in [-0.4, -0.2) is 23.2 Å². The van der Waals surface area contributed by atoms with Crippen molar-refractivity contribution in [2.75, 3.05) is 11.5 Å². The number of hydrogen-bond donors (Lipinski definition) is 3. The fourth-order valence-electron chi connectivity index (χ4n) is 0.595. The zero-order valence-corrected chi connectivity index (χ0v) is 9.18. The van der Waals surface area contributed by atoms with Crippen LogP contribution in [0.3, 0.4) is 0 Å². The molecule has 6 N–H and O–H groups in total. The van der Waals surface area contributed by atoms with Crippen LogP contribution >= 0.6 is 21.6 Å². The van der Waals surface area contributed by atoms with E-state index in [1.54, 1.807) is 21.6 Å². The average molecular weight is 222 g/mol.